The average molecular weight is 248 g/mol. The number of aromatic nitrogens is 2. The van der Waals surface area contributed by atoms with E-state index >= 15 is 0 Å². The predicted octanol–water partition coefficient (Wildman–Crippen LogP) is 3.02. The second-order valence-electron chi connectivity index (χ2n) is 5.14. The molecular weight excluding hydrogens is 224 g/mol. The zero-order chi connectivity index (χ0) is 13.1. The fourth-order valence-corrected chi connectivity index (χ4v) is 1.93. The van der Waals surface area contributed by atoms with Crippen molar-refractivity contribution < 1.29 is 0 Å². The first kappa shape index (κ1) is 13.1. The molecule has 1 aromatic heterocycles. The molecule has 0 radical (unpaired) electrons. The second kappa shape index (κ2) is 5.55. The number of hydrogen-bond donors (Lipinski definition) is 1. The molecule has 100 valence electrons. The van der Waals surface area contributed by atoms with Crippen LogP contribution in [0.1, 0.15) is 51.8 Å². The van der Waals surface area contributed by atoms with E-state index in [1.165, 1.54) is 12.8 Å². The largest absolute Gasteiger partial charge is 0.370 e. The van der Waals surface area contributed by atoms with Crippen molar-refractivity contribution in [3.63, 3.8) is 0 Å². The number of nitrogens with zero attached hydrogens (tertiary/aromatic N) is 3. The van der Waals surface area contributed by atoms with Crippen molar-refractivity contribution >= 4 is 11.6 Å². The van der Waals surface area contributed by atoms with Gasteiger partial charge in [0.2, 0.25) is 0 Å². The van der Waals surface area contributed by atoms with Gasteiger partial charge in [0.25, 0.3) is 0 Å². The Bertz CT molecular complexity index is 401. The first-order valence-corrected chi connectivity index (χ1v) is 7.01. The van der Waals surface area contributed by atoms with Gasteiger partial charge in [-0.3, -0.25) is 0 Å². The number of rotatable bonds is 6. The number of anilines is 2. The molecule has 1 N–H and O–H groups in total. The quantitative estimate of drug-likeness (QED) is 0.840. The summed E-state index contributed by atoms with van der Waals surface area (Å²) in [5.41, 5.74) is 0. The van der Waals surface area contributed by atoms with Gasteiger partial charge in [-0.25, -0.2) is 9.97 Å². The molecule has 0 spiro atoms. The summed E-state index contributed by atoms with van der Waals surface area (Å²) in [7, 11) is 2.11. The van der Waals surface area contributed by atoms with Gasteiger partial charge in [0.1, 0.15) is 17.5 Å². The third-order valence-electron chi connectivity index (χ3n) is 3.64. The Hall–Kier alpha value is -1.32. The molecule has 1 aliphatic rings. The SMILES string of the molecule is CCNc1cc(N(C)C(C)CC)nc(C2CC2)n1. The van der Waals surface area contributed by atoms with Crippen LogP contribution >= 0.6 is 0 Å². The molecule has 1 aromatic rings. The molecule has 0 saturated heterocycles. The Kier molecular flexibility index (Phi) is 4.04. The lowest BCUT2D eigenvalue weighted by Gasteiger charge is -2.25. The van der Waals surface area contributed by atoms with Crippen molar-refractivity contribution in [3.05, 3.63) is 11.9 Å². The van der Waals surface area contributed by atoms with Crippen molar-refractivity contribution in [1.29, 1.82) is 0 Å². The molecule has 0 aromatic carbocycles. The van der Waals surface area contributed by atoms with Gasteiger partial charge >= 0.3 is 0 Å². The molecule has 0 bridgehead atoms. The van der Waals surface area contributed by atoms with E-state index in [0.717, 1.165) is 30.4 Å². The van der Waals surface area contributed by atoms with Crippen molar-refractivity contribution in [3.8, 4) is 0 Å². The van der Waals surface area contributed by atoms with Crippen molar-refractivity contribution in [2.24, 2.45) is 0 Å². The van der Waals surface area contributed by atoms with E-state index in [0.29, 0.717) is 12.0 Å². The van der Waals surface area contributed by atoms with Crippen LogP contribution in [0.3, 0.4) is 0 Å². The lowest BCUT2D eigenvalue weighted by atomic mass is 10.2. The fraction of sp³-hybridized carbons (Fsp3) is 0.714. The highest BCUT2D eigenvalue weighted by atomic mass is 15.2. The van der Waals surface area contributed by atoms with Gasteiger partial charge in [-0.1, -0.05) is 6.92 Å². The Labute approximate surface area is 110 Å². The van der Waals surface area contributed by atoms with Crippen molar-refractivity contribution in [1.82, 2.24) is 9.97 Å². The first-order chi connectivity index (χ1) is 8.65. The molecule has 1 fully saturated rings. The second-order valence-corrected chi connectivity index (χ2v) is 5.14. The van der Waals surface area contributed by atoms with Gasteiger partial charge < -0.3 is 10.2 Å². The molecule has 4 heteroatoms. The highest BCUT2D eigenvalue weighted by Gasteiger charge is 2.28. The molecule has 0 amide bonds. The molecule has 1 atom stereocenters. The van der Waals surface area contributed by atoms with E-state index in [9.17, 15) is 0 Å². The van der Waals surface area contributed by atoms with Crippen LogP contribution in [0.25, 0.3) is 0 Å². The standard InChI is InChI=1S/C14H24N4/c1-5-10(3)18(4)13-9-12(15-6-2)16-14(17-13)11-7-8-11/h9-11H,5-8H2,1-4H3,(H,15,16,17). The van der Waals surface area contributed by atoms with Crippen LogP contribution in [0.5, 0.6) is 0 Å². The summed E-state index contributed by atoms with van der Waals surface area (Å²) >= 11 is 0. The molecule has 0 aliphatic heterocycles. The Morgan fingerprint density at radius 2 is 2.11 bits per heavy atom. The number of nitrogens with one attached hydrogen (secondary N) is 1. The minimum Gasteiger partial charge on any atom is -0.370 e. The first-order valence-electron chi connectivity index (χ1n) is 7.01. The minimum absolute atomic E-state index is 0.501. The monoisotopic (exact) mass is 248 g/mol. The maximum atomic E-state index is 4.72. The van der Waals surface area contributed by atoms with Crippen LogP contribution < -0.4 is 10.2 Å². The van der Waals surface area contributed by atoms with Crippen molar-refractivity contribution in [2.75, 3.05) is 23.8 Å². The van der Waals surface area contributed by atoms with Gasteiger partial charge in [0.05, 0.1) is 0 Å². The zero-order valence-corrected chi connectivity index (χ0v) is 11.9. The topological polar surface area (TPSA) is 41.0 Å². The van der Waals surface area contributed by atoms with Gasteiger partial charge in [-0.2, -0.15) is 0 Å². The van der Waals surface area contributed by atoms with Gasteiger partial charge in [0, 0.05) is 31.6 Å². The van der Waals surface area contributed by atoms with E-state index in [2.05, 4.69) is 49.1 Å². The lowest BCUT2D eigenvalue weighted by molar-refractivity contribution is 0.654. The van der Waals surface area contributed by atoms with E-state index in [1.54, 1.807) is 0 Å². The summed E-state index contributed by atoms with van der Waals surface area (Å²) in [6.07, 6.45) is 3.60. The minimum atomic E-state index is 0.501. The molecule has 4 nitrogen and oxygen atoms in total. The Morgan fingerprint density at radius 1 is 1.39 bits per heavy atom. The molecule has 1 unspecified atom stereocenters. The van der Waals surface area contributed by atoms with E-state index in [-0.39, 0.29) is 0 Å². The van der Waals surface area contributed by atoms with E-state index < -0.39 is 0 Å². The van der Waals surface area contributed by atoms with Crippen LogP contribution in [0.2, 0.25) is 0 Å². The third-order valence-corrected chi connectivity index (χ3v) is 3.64. The molecule has 1 saturated carbocycles. The molecule has 1 aliphatic carbocycles. The maximum absolute atomic E-state index is 4.72. The predicted molar refractivity (Wildman–Crippen MR) is 76.3 cm³/mol. The average Bonchev–Trinajstić information content (AvgIpc) is 3.21. The fourth-order valence-electron chi connectivity index (χ4n) is 1.93. The normalized spacial score (nSPS) is 16.4. The molecular formula is C14H24N4. The van der Waals surface area contributed by atoms with E-state index in [4.69, 9.17) is 4.98 Å². The van der Waals surface area contributed by atoms with Crippen LogP contribution in [0.4, 0.5) is 11.6 Å². The highest BCUT2D eigenvalue weighted by Crippen LogP contribution is 2.39. The summed E-state index contributed by atoms with van der Waals surface area (Å²) in [6, 6.07) is 2.56. The van der Waals surface area contributed by atoms with Crippen LogP contribution in [0, 0.1) is 0 Å². The number of hydrogen-bond acceptors (Lipinski definition) is 4. The van der Waals surface area contributed by atoms with Crippen LogP contribution in [0.15, 0.2) is 6.07 Å². The summed E-state index contributed by atoms with van der Waals surface area (Å²) in [6.45, 7) is 7.42. The van der Waals surface area contributed by atoms with Gasteiger partial charge in [-0.15, -0.1) is 0 Å². The maximum Gasteiger partial charge on any atom is 0.136 e. The highest BCUT2D eigenvalue weighted by molar-refractivity contribution is 5.50. The van der Waals surface area contributed by atoms with Crippen LogP contribution in [-0.4, -0.2) is 29.6 Å². The van der Waals surface area contributed by atoms with Gasteiger partial charge in [-0.05, 0) is 33.1 Å². The van der Waals surface area contributed by atoms with Crippen molar-refractivity contribution in [2.45, 2.75) is 52.0 Å². The Balaban J connectivity index is 2.27. The summed E-state index contributed by atoms with van der Waals surface area (Å²) in [5, 5.41) is 3.30. The van der Waals surface area contributed by atoms with Gasteiger partial charge in [0.15, 0.2) is 0 Å². The summed E-state index contributed by atoms with van der Waals surface area (Å²) in [4.78, 5) is 11.6. The third kappa shape index (κ3) is 2.92. The zero-order valence-electron chi connectivity index (χ0n) is 11.9. The summed E-state index contributed by atoms with van der Waals surface area (Å²) in [5.74, 6) is 3.60. The Morgan fingerprint density at radius 3 is 2.67 bits per heavy atom. The summed E-state index contributed by atoms with van der Waals surface area (Å²) < 4.78 is 0. The molecule has 1 heterocycles. The molecule has 2 rings (SSSR count). The lowest BCUT2D eigenvalue weighted by Crippen LogP contribution is -2.29. The molecule has 18 heavy (non-hydrogen) atoms. The van der Waals surface area contributed by atoms with Crippen LogP contribution in [-0.2, 0) is 0 Å². The smallest absolute Gasteiger partial charge is 0.136 e. The van der Waals surface area contributed by atoms with E-state index in [1.807, 2.05) is 0 Å².